The molecule has 1 aliphatic heterocycles. The number of nitrogens with zero attached hydrogens (tertiary/aromatic N) is 2. The third-order valence-electron chi connectivity index (χ3n) is 5.81. The molecule has 1 atom stereocenters. The molecule has 1 saturated heterocycles. The van der Waals surface area contributed by atoms with Crippen LogP contribution in [0.1, 0.15) is 50.8 Å². The zero-order chi connectivity index (χ0) is 19.5. The van der Waals surface area contributed by atoms with Crippen LogP contribution >= 0.6 is 23.2 Å². The Hall–Kier alpha value is -1.71. The Bertz CT molecular complexity index is 855. The van der Waals surface area contributed by atoms with Crippen LogP contribution < -0.4 is 0 Å². The van der Waals surface area contributed by atoms with Crippen molar-refractivity contribution in [3.8, 4) is 11.3 Å². The van der Waals surface area contributed by atoms with Crippen LogP contribution in [0.5, 0.6) is 0 Å². The smallest absolute Gasteiger partial charge is 0.109 e. The fourth-order valence-corrected chi connectivity index (χ4v) is 4.72. The van der Waals surface area contributed by atoms with Crippen molar-refractivity contribution in [2.75, 3.05) is 13.1 Å². The molecule has 3 nitrogen and oxygen atoms in total. The second kappa shape index (κ2) is 8.75. The minimum absolute atomic E-state index is 0.479. The summed E-state index contributed by atoms with van der Waals surface area (Å²) < 4.78 is 0. The van der Waals surface area contributed by atoms with Gasteiger partial charge in [0.1, 0.15) is 5.82 Å². The molecule has 0 amide bonds. The monoisotopic (exact) mass is 415 g/mol. The topological polar surface area (TPSA) is 31.9 Å². The SMILES string of the molecule is CC1/C=C\CC/C(N2CCC(c3ncc(-c4cc(Cl)cc(Cl)c4)[nH]3)CC2)=C\C1. The number of piperidine rings is 1. The third kappa shape index (κ3) is 4.64. The summed E-state index contributed by atoms with van der Waals surface area (Å²) in [6.07, 6.45) is 14.8. The third-order valence-corrected chi connectivity index (χ3v) is 6.25. The van der Waals surface area contributed by atoms with Gasteiger partial charge in [0.25, 0.3) is 0 Å². The number of halogens is 2. The van der Waals surface area contributed by atoms with Gasteiger partial charge in [0, 0.05) is 40.3 Å². The Labute approximate surface area is 177 Å². The molecule has 28 heavy (non-hydrogen) atoms. The largest absolute Gasteiger partial charge is 0.375 e. The molecule has 1 aliphatic carbocycles. The molecular formula is C23H27Cl2N3. The highest BCUT2D eigenvalue weighted by Gasteiger charge is 2.24. The molecule has 2 aromatic rings. The summed E-state index contributed by atoms with van der Waals surface area (Å²) >= 11 is 12.3. The summed E-state index contributed by atoms with van der Waals surface area (Å²) in [5, 5.41) is 1.28. The lowest BCUT2D eigenvalue weighted by Crippen LogP contribution is -2.33. The van der Waals surface area contributed by atoms with Gasteiger partial charge in [-0.15, -0.1) is 0 Å². The summed E-state index contributed by atoms with van der Waals surface area (Å²) in [6.45, 7) is 4.50. The standard InChI is InChI=1S/C23H27Cl2N3/c1-16-4-2-3-5-21(7-6-16)28-10-8-17(9-11-28)23-26-15-22(27-23)18-12-19(24)14-20(25)13-18/h2,4,7,12-17H,3,5-6,8-11H2,1H3,(H,26,27)/b4-2-,21-7+. The molecule has 0 radical (unpaired) electrons. The van der Waals surface area contributed by atoms with Gasteiger partial charge < -0.3 is 9.88 Å². The maximum absolute atomic E-state index is 6.14. The number of allylic oxidation sites excluding steroid dienone is 4. The van der Waals surface area contributed by atoms with Crippen molar-refractivity contribution in [3.05, 3.63) is 64.2 Å². The minimum atomic E-state index is 0.479. The van der Waals surface area contributed by atoms with E-state index in [2.05, 4.69) is 40.0 Å². The zero-order valence-corrected chi connectivity index (χ0v) is 17.8. The molecule has 1 fully saturated rings. The number of hydrogen-bond donors (Lipinski definition) is 1. The number of rotatable bonds is 3. The van der Waals surface area contributed by atoms with Crippen LogP contribution in [-0.2, 0) is 0 Å². The van der Waals surface area contributed by atoms with E-state index >= 15 is 0 Å². The number of hydrogen-bond acceptors (Lipinski definition) is 2. The Morgan fingerprint density at radius 2 is 1.86 bits per heavy atom. The number of H-pyrrole nitrogens is 1. The van der Waals surface area contributed by atoms with E-state index in [-0.39, 0.29) is 0 Å². The van der Waals surface area contributed by atoms with E-state index in [1.807, 2.05) is 18.3 Å². The first-order chi connectivity index (χ1) is 13.6. The summed E-state index contributed by atoms with van der Waals surface area (Å²) in [4.78, 5) is 10.8. The van der Waals surface area contributed by atoms with Gasteiger partial charge in [0.2, 0.25) is 0 Å². The van der Waals surface area contributed by atoms with Crippen molar-refractivity contribution in [1.82, 2.24) is 14.9 Å². The van der Waals surface area contributed by atoms with E-state index in [0.717, 1.165) is 62.3 Å². The average molecular weight is 416 g/mol. The Morgan fingerprint density at radius 1 is 1.11 bits per heavy atom. The van der Waals surface area contributed by atoms with Crippen LogP contribution in [-0.4, -0.2) is 28.0 Å². The number of aromatic nitrogens is 2. The maximum Gasteiger partial charge on any atom is 0.109 e. The van der Waals surface area contributed by atoms with Gasteiger partial charge in [-0.2, -0.15) is 0 Å². The summed E-state index contributed by atoms with van der Waals surface area (Å²) in [7, 11) is 0. The van der Waals surface area contributed by atoms with Crippen molar-refractivity contribution in [2.45, 2.75) is 44.9 Å². The van der Waals surface area contributed by atoms with Gasteiger partial charge in [0.15, 0.2) is 0 Å². The fourth-order valence-electron chi connectivity index (χ4n) is 4.19. The highest BCUT2D eigenvalue weighted by Crippen LogP contribution is 2.32. The lowest BCUT2D eigenvalue weighted by Gasteiger charge is -2.35. The first-order valence-electron chi connectivity index (χ1n) is 10.2. The second-order valence-corrected chi connectivity index (χ2v) is 8.85. The van der Waals surface area contributed by atoms with E-state index in [9.17, 15) is 0 Å². The molecule has 1 unspecified atom stereocenters. The summed E-state index contributed by atoms with van der Waals surface area (Å²) in [5.41, 5.74) is 3.49. The van der Waals surface area contributed by atoms with Crippen LogP contribution in [0.2, 0.25) is 10.0 Å². The van der Waals surface area contributed by atoms with E-state index in [4.69, 9.17) is 23.2 Å². The molecule has 148 valence electrons. The quantitative estimate of drug-likeness (QED) is 0.557. The number of aromatic amines is 1. The molecule has 1 N–H and O–H groups in total. The summed E-state index contributed by atoms with van der Waals surface area (Å²) in [5.74, 6) is 2.20. The van der Waals surface area contributed by atoms with Crippen molar-refractivity contribution >= 4 is 23.2 Å². The predicted octanol–water partition coefficient (Wildman–Crippen LogP) is 6.82. The number of nitrogens with one attached hydrogen (secondary N) is 1. The lowest BCUT2D eigenvalue weighted by molar-refractivity contribution is 0.251. The minimum Gasteiger partial charge on any atom is -0.375 e. The van der Waals surface area contributed by atoms with Gasteiger partial charge in [-0.25, -0.2) is 4.98 Å². The molecular weight excluding hydrogens is 389 g/mol. The Kier molecular flexibility index (Phi) is 6.13. The number of benzene rings is 1. The molecule has 2 aliphatic rings. The highest BCUT2D eigenvalue weighted by atomic mass is 35.5. The van der Waals surface area contributed by atoms with Crippen LogP contribution in [0.3, 0.4) is 0 Å². The molecule has 4 rings (SSSR count). The molecule has 0 spiro atoms. The van der Waals surface area contributed by atoms with Gasteiger partial charge >= 0.3 is 0 Å². The normalized spacial score (nSPS) is 24.3. The predicted molar refractivity (Wildman–Crippen MR) is 118 cm³/mol. The van der Waals surface area contributed by atoms with Crippen LogP contribution in [0, 0.1) is 5.92 Å². The van der Waals surface area contributed by atoms with Crippen molar-refractivity contribution in [3.63, 3.8) is 0 Å². The molecule has 0 bridgehead atoms. The van der Waals surface area contributed by atoms with Gasteiger partial charge in [-0.05, 0) is 56.2 Å². The number of imidazole rings is 1. The van der Waals surface area contributed by atoms with Crippen molar-refractivity contribution in [1.29, 1.82) is 0 Å². The molecule has 5 heteroatoms. The van der Waals surface area contributed by atoms with Crippen LogP contribution in [0.25, 0.3) is 11.3 Å². The lowest BCUT2D eigenvalue weighted by atomic mass is 9.94. The summed E-state index contributed by atoms with van der Waals surface area (Å²) in [6, 6.07) is 5.59. The molecule has 1 aromatic heterocycles. The van der Waals surface area contributed by atoms with Gasteiger partial charge in [-0.3, -0.25) is 0 Å². The van der Waals surface area contributed by atoms with E-state index in [0.29, 0.717) is 21.9 Å². The fraction of sp³-hybridized carbons (Fsp3) is 0.435. The maximum atomic E-state index is 6.14. The van der Waals surface area contributed by atoms with Crippen LogP contribution in [0.4, 0.5) is 0 Å². The van der Waals surface area contributed by atoms with Gasteiger partial charge in [-0.1, -0.05) is 48.4 Å². The van der Waals surface area contributed by atoms with E-state index in [1.165, 1.54) is 5.70 Å². The van der Waals surface area contributed by atoms with Gasteiger partial charge in [0.05, 0.1) is 11.9 Å². The first-order valence-corrected chi connectivity index (χ1v) is 11.0. The Balaban J connectivity index is 1.40. The Morgan fingerprint density at radius 3 is 2.61 bits per heavy atom. The number of likely N-dealkylation sites (tertiary alicyclic amines) is 1. The van der Waals surface area contributed by atoms with Crippen LogP contribution in [0.15, 0.2) is 48.3 Å². The van der Waals surface area contributed by atoms with Crippen molar-refractivity contribution in [2.24, 2.45) is 5.92 Å². The second-order valence-electron chi connectivity index (χ2n) is 7.98. The molecule has 0 saturated carbocycles. The van der Waals surface area contributed by atoms with E-state index < -0.39 is 0 Å². The molecule has 1 aromatic carbocycles. The van der Waals surface area contributed by atoms with Crippen molar-refractivity contribution < 1.29 is 0 Å². The highest BCUT2D eigenvalue weighted by molar-refractivity contribution is 6.35. The van der Waals surface area contributed by atoms with E-state index in [1.54, 1.807) is 6.07 Å². The molecule has 2 heterocycles. The first kappa shape index (κ1) is 19.6. The average Bonchev–Trinajstić information content (AvgIpc) is 3.15. The zero-order valence-electron chi connectivity index (χ0n) is 16.3.